The molecular weight excluding hydrogens is 280 g/mol. The van der Waals surface area contributed by atoms with E-state index in [4.69, 9.17) is 15.2 Å². The summed E-state index contributed by atoms with van der Waals surface area (Å²) in [7, 11) is 0. The predicted octanol–water partition coefficient (Wildman–Crippen LogP) is 2.24. The van der Waals surface area contributed by atoms with Crippen LogP contribution in [0, 0.1) is 5.92 Å². The van der Waals surface area contributed by atoms with Crippen LogP contribution in [-0.4, -0.2) is 30.0 Å². The third-order valence-electron chi connectivity index (χ3n) is 4.12. The molecule has 0 bridgehead atoms. The van der Waals surface area contributed by atoms with E-state index in [1.807, 2.05) is 24.4 Å². The highest BCUT2D eigenvalue weighted by molar-refractivity contribution is 5.89. The van der Waals surface area contributed by atoms with Crippen LogP contribution in [0.1, 0.15) is 25.5 Å². The third-order valence-corrected chi connectivity index (χ3v) is 4.12. The molecule has 5 heteroatoms. The highest BCUT2D eigenvalue weighted by atomic mass is 16.7. The van der Waals surface area contributed by atoms with Gasteiger partial charge in [0.05, 0.1) is 25.7 Å². The molecule has 1 atom stereocenters. The van der Waals surface area contributed by atoms with Crippen LogP contribution < -0.4 is 5.73 Å². The normalized spacial score (nSPS) is 17.4. The maximum Gasteiger partial charge on any atom is 0.221 e. The number of benzene rings is 1. The number of aromatic nitrogens is 1. The second-order valence-electron chi connectivity index (χ2n) is 6.07. The molecule has 0 radical (unpaired) electrons. The van der Waals surface area contributed by atoms with Crippen molar-refractivity contribution < 1.29 is 14.3 Å². The molecule has 5 nitrogen and oxygen atoms in total. The van der Waals surface area contributed by atoms with Gasteiger partial charge in [-0.25, -0.2) is 0 Å². The van der Waals surface area contributed by atoms with Gasteiger partial charge in [-0.05, 0) is 17.5 Å². The van der Waals surface area contributed by atoms with Crippen molar-refractivity contribution in [3.63, 3.8) is 0 Å². The Hall–Kier alpha value is -1.85. The monoisotopic (exact) mass is 302 g/mol. The van der Waals surface area contributed by atoms with Gasteiger partial charge in [0.1, 0.15) is 0 Å². The van der Waals surface area contributed by atoms with Crippen LogP contribution in [0.5, 0.6) is 0 Å². The first-order chi connectivity index (χ1) is 10.6. The van der Waals surface area contributed by atoms with E-state index >= 15 is 0 Å². The fourth-order valence-electron chi connectivity index (χ4n) is 3.19. The first-order valence-corrected chi connectivity index (χ1v) is 7.68. The standard InChI is InChI=1S/C17H22N2O3/c1-11(2)16(17-21-7-8-22-17)19-10-12(9-15(18)20)13-5-3-4-6-14(13)19/h3-6,10-11,16-17H,7-9H2,1-2H3,(H2,18,20). The molecule has 1 aromatic heterocycles. The average molecular weight is 302 g/mol. The number of primary amides is 1. The number of rotatable bonds is 5. The zero-order valence-corrected chi connectivity index (χ0v) is 13.0. The Morgan fingerprint density at radius 2 is 2.00 bits per heavy atom. The third kappa shape index (κ3) is 2.74. The Kier molecular flexibility index (Phi) is 4.18. The summed E-state index contributed by atoms with van der Waals surface area (Å²) in [4.78, 5) is 11.3. The second kappa shape index (κ2) is 6.10. The number of hydrogen-bond acceptors (Lipinski definition) is 3. The Morgan fingerprint density at radius 1 is 1.32 bits per heavy atom. The molecular formula is C17H22N2O3. The van der Waals surface area contributed by atoms with E-state index in [9.17, 15) is 4.79 Å². The van der Waals surface area contributed by atoms with E-state index in [2.05, 4.69) is 24.5 Å². The molecule has 2 aromatic rings. The fourth-order valence-corrected chi connectivity index (χ4v) is 3.19. The summed E-state index contributed by atoms with van der Waals surface area (Å²) in [5.41, 5.74) is 7.42. The second-order valence-corrected chi connectivity index (χ2v) is 6.07. The van der Waals surface area contributed by atoms with Crippen molar-refractivity contribution in [1.82, 2.24) is 4.57 Å². The van der Waals surface area contributed by atoms with Gasteiger partial charge in [0.2, 0.25) is 5.91 Å². The minimum absolute atomic E-state index is 0.0639. The summed E-state index contributed by atoms with van der Waals surface area (Å²) in [5.74, 6) is 0.0118. The molecule has 0 aliphatic carbocycles. The lowest BCUT2D eigenvalue weighted by Gasteiger charge is -2.28. The maximum atomic E-state index is 11.3. The van der Waals surface area contributed by atoms with Crippen molar-refractivity contribution >= 4 is 16.8 Å². The van der Waals surface area contributed by atoms with Crippen LogP contribution in [0.3, 0.4) is 0 Å². The number of nitrogens with zero attached hydrogens (tertiary/aromatic N) is 1. The lowest BCUT2D eigenvalue weighted by atomic mass is 10.0. The number of amides is 1. The molecule has 1 aliphatic rings. The van der Waals surface area contributed by atoms with Crippen molar-refractivity contribution in [2.24, 2.45) is 11.7 Å². The van der Waals surface area contributed by atoms with E-state index in [1.54, 1.807) is 0 Å². The molecule has 1 saturated heterocycles. The predicted molar refractivity (Wildman–Crippen MR) is 84.4 cm³/mol. The summed E-state index contributed by atoms with van der Waals surface area (Å²) in [6.45, 7) is 5.55. The van der Waals surface area contributed by atoms with Gasteiger partial charge < -0.3 is 19.8 Å². The molecule has 2 heterocycles. The number of fused-ring (bicyclic) bond motifs is 1. The van der Waals surface area contributed by atoms with Gasteiger partial charge in [0.15, 0.2) is 6.29 Å². The largest absolute Gasteiger partial charge is 0.369 e. The highest BCUT2D eigenvalue weighted by Gasteiger charge is 2.32. The summed E-state index contributed by atoms with van der Waals surface area (Å²) in [6, 6.07) is 8.13. The average Bonchev–Trinajstić information content (AvgIpc) is 3.09. The minimum atomic E-state index is -0.322. The van der Waals surface area contributed by atoms with Gasteiger partial charge in [0.25, 0.3) is 0 Å². The quantitative estimate of drug-likeness (QED) is 0.921. The fraction of sp³-hybridized carbons (Fsp3) is 0.471. The molecule has 1 amide bonds. The van der Waals surface area contributed by atoms with E-state index < -0.39 is 0 Å². The zero-order chi connectivity index (χ0) is 15.7. The molecule has 118 valence electrons. The van der Waals surface area contributed by atoms with Gasteiger partial charge in [-0.15, -0.1) is 0 Å². The molecule has 3 rings (SSSR count). The van der Waals surface area contributed by atoms with Crippen molar-refractivity contribution in [2.45, 2.75) is 32.6 Å². The van der Waals surface area contributed by atoms with Crippen LogP contribution in [0.15, 0.2) is 30.5 Å². The molecule has 1 unspecified atom stereocenters. The molecule has 22 heavy (non-hydrogen) atoms. The number of carbonyl (C=O) groups excluding carboxylic acids is 1. The van der Waals surface area contributed by atoms with Crippen LogP contribution in [0.2, 0.25) is 0 Å². The lowest BCUT2D eigenvalue weighted by Crippen LogP contribution is -2.29. The number of carbonyl (C=O) groups is 1. The topological polar surface area (TPSA) is 66.5 Å². The summed E-state index contributed by atoms with van der Waals surface area (Å²) in [6.07, 6.45) is 2.01. The van der Waals surface area contributed by atoms with E-state index in [1.165, 1.54) is 0 Å². The zero-order valence-electron chi connectivity index (χ0n) is 13.0. The Bertz CT molecular complexity index is 672. The van der Waals surface area contributed by atoms with Crippen LogP contribution in [-0.2, 0) is 20.7 Å². The summed E-state index contributed by atoms with van der Waals surface area (Å²) >= 11 is 0. The van der Waals surface area contributed by atoms with Gasteiger partial charge in [-0.1, -0.05) is 32.0 Å². The van der Waals surface area contributed by atoms with Crippen LogP contribution in [0.4, 0.5) is 0 Å². The molecule has 1 aromatic carbocycles. The van der Waals surface area contributed by atoms with E-state index in [0.717, 1.165) is 16.5 Å². The first kappa shape index (κ1) is 15.1. The number of ether oxygens (including phenoxy) is 2. The molecule has 1 aliphatic heterocycles. The summed E-state index contributed by atoms with van der Waals surface area (Å²) < 4.78 is 13.6. The van der Waals surface area contributed by atoms with Crippen LogP contribution in [0.25, 0.3) is 10.9 Å². The molecule has 0 saturated carbocycles. The Morgan fingerprint density at radius 3 is 2.64 bits per heavy atom. The number of hydrogen-bond donors (Lipinski definition) is 1. The van der Waals surface area contributed by atoms with E-state index in [0.29, 0.717) is 19.1 Å². The highest BCUT2D eigenvalue weighted by Crippen LogP contribution is 2.33. The molecule has 1 fully saturated rings. The van der Waals surface area contributed by atoms with Crippen molar-refractivity contribution in [1.29, 1.82) is 0 Å². The molecule has 2 N–H and O–H groups in total. The summed E-state index contributed by atoms with van der Waals surface area (Å²) in [5, 5.41) is 1.06. The maximum absolute atomic E-state index is 11.3. The number of nitrogens with two attached hydrogens (primary N) is 1. The van der Waals surface area contributed by atoms with E-state index in [-0.39, 0.29) is 24.7 Å². The number of para-hydroxylation sites is 1. The smallest absolute Gasteiger partial charge is 0.221 e. The first-order valence-electron chi connectivity index (χ1n) is 7.68. The van der Waals surface area contributed by atoms with Gasteiger partial charge >= 0.3 is 0 Å². The van der Waals surface area contributed by atoms with Crippen molar-refractivity contribution in [2.75, 3.05) is 13.2 Å². The molecule has 0 spiro atoms. The Balaban J connectivity index is 2.09. The van der Waals surface area contributed by atoms with Crippen molar-refractivity contribution in [3.05, 3.63) is 36.0 Å². The van der Waals surface area contributed by atoms with Crippen molar-refractivity contribution in [3.8, 4) is 0 Å². The lowest BCUT2D eigenvalue weighted by molar-refractivity contribution is -0.117. The van der Waals surface area contributed by atoms with Gasteiger partial charge in [-0.2, -0.15) is 0 Å². The van der Waals surface area contributed by atoms with Gasteiger partial charge in [-0.3, -0.25) is 4.79 Å². The minimum Gasteiger partial charge on any atom is -0.369 e. The van der Waals surface area contributed by atoms with Crippen LogP contribution >= 0.6 is 0 Å². The Labute approximate surface area is 130 Å². The SMILES string of the molecule is CC(C)C(C1OCCO1)n1cc(CC(N)=O)c2ccccc21. The van der Waals surface area contributed by atoms with Gasteiger partial charge in [0, 0.05) is 17.1 Å².